The van der Waals surface area contributed by atoms with Crippen molar-refractivity contribution < 1.29 is 4.74 Å². The first-order valence-corrected chi connectivity index (χ1v) is 7.63. The number of thiazole rings is 1. The highest BCUT2D eigenvalue weighted by Gasteiger charge is 2.22. The largest absolute Gasteiger partial charge is 0.487 e. The molecule has 2 heterocycles. The maximum Gasteiger partial charge on any atom is 0.146 e. The predicted octanol–water partition coefficient (Wildman–Crippen LogP) is 3.33. The Morgan fingerprint density at radius 3 is 2.89 bits per heavy atom. The smallest absolute Gasteiger partial charge is 0.146 e. The number of nitrogens with zero attached hydrogens (tertiary/aromatic N) is 1. The highest BCUT2D eigenvalue weighted by atomic mass is 32.1. The standard InChI is InChI=1S/C15H20N2OS/c1-15(2,3)14-17-13-11(5-4-6-12(13)19-14)18-10-7-8-16-9-10/h4-6,10,16H,7-9H2,1-3H3. The Morgan fingerprint density at radius 1 is 1.37 bits per heavy atom. The van der Waals surface area contributed by atoms with Crippen molar-refractivity contribution in [1.82, 2.24) is 10.3 Å². The monoisotopic (exact) mass is 276 g/mol. The van der Waals surface area contributed by atoms with Crippen molar-refractivity contribution in [1.29, 1.82) is 0 Å². The maximum atomic E-state index is 6.10. The van der Waals surface area contributed by atoms with Crippen molar-refractivity contribution in [2.24, 2.45) is 0 Å². The molecule has 102 valence electrons. The molecule has 3 nitrogen and oxygen atoms in total. The summed E-state index contributed by atoms with van der Waals surface area (Å²) >= 11 is 1.77. The molecular formula is C15H20N2OS. The van der Waals surface area contributed by atoms with Crippen molar-refractivity contribution in [3.05, 3.63) is 23.2 Å². The van der Waals surface area contributed by atoms with Crippen molar-refractivity contribution in [3.8, 4) is 5.75 Å². The molecule has 1 aliphatic heterocycles. The van der Waals surface area contributed by atoms with Gasteiger partial charge in [-0.1, -0.05) is 26.8 Å². The van der Waals surface area contributed by atoms with Crippen LogP contribution >= 0.6 is 11.3 Å². The number of aromatic nitrogens is 1. The molecule has 1 unspecified atom stereocenters. The lowest BCUT2D eigenvalue weighted by Gasteiger charge is -2.14. The minimum absolute atomic E-state index is 0.0931. The van der Waals surface area contributed by atoms with Gasteiger partial charge in [0.1, 0.15) is 17.4 Å². The number of para-hydroxylation sites is 1. The minimum atomic E-state index is 0.0931. The molecule has 0 amide bonds. The highest BCUT2D eigenvalue weighted by Crippen LogP contribution is 2.35. The van der Waals surface area contributed by atoms with E-state index in [4.69, 9.17) is 9.72 Å². The molecule has 19 heavy (non-hydrogen) atoms. The molecule has 0 spiro atoms. The second-order valence-corrected chi connectivity index (χ2v) is 7.14. The fourth-order valence-electron chi connectivity index (χ4n) is 2.25. The number of benzene rings is 1. The fourth-order valence-corrected chi connectivity index (χ4v) is 3.29. The third-order valence-corrected chi connectivity index (χ3v) is 4.78. The zero-order chi connectivity index (χ0) is 13.5. The minimum Gasteiger partial charge on any atom is -0.487 e. The van der Waals surface area contributed by atoms with Crippen molar-refractivity contribution in [2.45, 2.75) is 38.7 Å². The van der Waals surface area contributed by atoms with Crippen LogP contribution in [0, 0.1) is 0 Å². The molecule has 1 aliphatic rings. The average molecular weight is 276 g/mol. The van der Waals surface area contributed by atoms with Crippen LogP contribution in [0.3, 0.4) is 0 Å². The third kappa shape index (κ3) is 2.60. The Morgan fingerprint density at radius 2 is 2.21 bits per heavy atom. The summed E-state index contributed by atoms with van der Waals surface area (Å²) in [7, 11) is 0. The molecule has 0 radical (unpaired) electrons. The predicted molar refractivity (Wildman–Crippen MR) is 80.2 cm³/mol. The van der Waals surface area contributed by atoms with Gasteiger partial charge >= 0.3 is 0 Å². The average Bonchev–Trinajstić information content (AvgIpc) is 2.96. The van der Waals surface area contributed by atoms with E-state index in [2.05, 4.69) is 38.2 Å². The lowest BCUT2D eigenvalue weighted by molar-refractivity contribution is 0.225. The van der Waals surface area contributed by atoms with E-state index in [0.29, 0.717) is 0 Å². The van der Waals surface area contributed by atoms with Crippen LogP contribution in [0.4, 0.5) is 0 Å². The van der Waals surface area contributed by atoms with Crippen LogP contribution in [-0.2, 0) is 5.41 Å². The van der Waals surface area contributed by atoms with Crippen LogP contribution in [0.15, 0.2) is 18.2 Å². The first kappa shape index (κ1) is 12.9. The molecule has 1 saturated heterocycles. The Bertz CT molecular complexity index is 579. The number of hydrogen-bond donors (Lipinski definition) is 1. The molecule has 3 rings (SSSR count). The van der Waals surface area contributed by atoms with Crippen molar-refractivity contribution >= 4 is 21.6 Å². The summed E-state index contributed by atoms with van der Waals surface area (Å²) in [4.78, 5) is 4.80. The number of nitrogens with one attached hydrogen (secondary N) is 1. The van der Waals surface area contributed by atoms with E-state index in [1.165, 1.54) is 9.71 Å². The van der Waals surface area contributed by atoms with E-state index < -0.39 is 0 Å². The third-order valence-electron chi connectivity index (χ3n) is 3.33. The van der Waals surface area contributed by atoms with Gasteiger partial charge in [0.15, 0.2) is 0 Å². The first-order chi connectivity index (χ1) is 9.04. The molecule has 1 aromatic carbocycles. The summed E-state index contributed by atoms with van der Waals surface area (Å²) < 4.78 is 7.31. The van der Waals surface area contributed by atoms with Crippen molar-refractivity contribution in [2.75, 3.05) is 13.1 Å². The van der Waals surface area contributed by atoms with E-state index in [0.717, 1.165) is 30.8 Å². The Balaban J connectivity index is 1.97. The van der Waals surface area contributed by atoms with Gasteiger partial charge in [-0.15, -0.1) is 11.3 Å². The summed E-state index contributed by atoms with van der Waals surface area (Å²) in [6.07, 6.45) is 1.36. The van der Waals surface area contributed by atoms with Crippen LogP contribution in [0.5, 0.6) is 5.75 Å². The van der Waals surface area contributed by atoms with Crippen LogP contribution in [0.1, 0.15) is 32.2 Å². The molecule has 4 heteroatoms. The van der Waals surface area contributed by atoms with Gasteiger partial charge in [-0.3, -0.25) is 0 Å². The molecule has 1 atom stereocenters. The second kappa shape index (κ2) is 4.76. The Kier molecular flexibility index (Phi) is 3.23. The van der Waals surface area contributed by atoms with Crippen LogP contribution in [0.25, 0.3) is 10.2 Å². The molecule has 1 aromatic heterocycles. The summed E-state index contributed by atoms with van der Waals surface area (Å²) in [6.45, 7) is 8.59. The number of hydrogen-bond acceptors (Lipinski definition) is 4. The van der Waals surface area contributed by atoms with E-state index in [-0.39, 0.29) is 11.5 Å². The molecule has 0 bridgehead atoms. The topological polar surface area (TPSA) is 34.1 Å². The quantitative estimate of drug-likeness (QED) is 0.913. The Hall–Kier alpha value is -1.13. The molecule has 1 N–H and O–H groups in total. The summed E-state index contributed by atoms with van der Waals surface area (Å²) in [5.41, 5.74) is 1.11. The van der Waals surface area contributed by atoms with E-state index in [1.807, 2.05) is 6.07 Å². The van der Waals surface area contributed by atoms with Crippen LogP contribution in [-0.4, -0.2) is 24.2 Å². The summed E-state index contributed by atoms with van der Waals surface area (Å²) in [5, 5.41) is 4.50. The lowest BCUT2D eigenvalue weighted by Crippen LogP contribution is -2.19. The van der Waals surface area contributed by atoms with Gasteiger partial charge in [-0.05, 0) is 25.1 Å². The first-order valence-electron chi connectivity index (χ1n) is 6.81. The van der Waals surface area contributed by atoms with Gasteiger partial charge in [0.05, 0.1) is 9.71 Å². The molecular weight excluding hydrogens is 256 g/mol. The lowest BCUT2D eigenvalue weighted by atomic mass is 9.98. The van der Waals surface area contributed by atoms with Gasteiger partial charge in [0, 0.05) is 12.0 Å². The van der Waals surface area contributed by atoms with Gasteiger partial charge < -0.3 is 10.1 Å². The highest BCUT2D eigenvalue weighted by molar-refractivity contribution is 7.18. The number of ether oxygens (including phenoxy) is 1. The van der Waals surface area contributed by atoms with E-state index >= 15 is 0 Å². The second-order valence-electron chi connectivity index (χ2n) is 6.10. The zero-order valence-electron chi connectivity index (χ0n) is 11.7. The zero-order valence-corrected chi connectivity index (χ0v) is 12.5. The number of rotatable bonds is 2. The van der Waals surface area contributed by atoms with Crippen LogP contribution in [0.2, 0.25) is 0 Å². The SMILES string of the molecule is CC(C)(C)c1nc2c(OC3CCNC3)cccc2s1. The van der Waals surface area contributed by atoms with E-state index in [9.17, 15) is 0 Å². The molecule has 2 aromatic rings. The van der Waals surface area contributed by atoms with Gasteiger partial charge in [0.25, 0.3) is 0 Å². The fraction of sp³-hybridized carbons (Fsp3) is 0.533. The number of fused-ring (bicyclic) bond motifs is 1. The summed E-state index contributed by atoms with van der Waals surface area (Å²) in [5.74, 6) is 0.929. The van der Waals surface area contributed by atoms with Crippen molar-refractivity contribution in [3.63, 3.8) is 0 Å². The normalized spacial score (nSPS) is 20.1. The molecule has 0 aliphatic carbocycles. The van der Waals surface area contributed by atoms with E-state index in [1.54, 1.807) is 11.3 Å². The molecule has 1 fully saturated rings. The summed E-state index contributed by atoms with van der Waals surface area (Å²) in [6, 6.07) is 6.22. The van der Waals surface area contributed by atoms with Gasteiger partial charge in [-0.2, -0.15) is 0 Å². The van der Waals surface area contributed by atoms with Gasteiger partial charge in [0.2, 0.25) is 0 Å². The van der Waals surface area contributed by atoms with Gasteiger partial charge in [-0.25, -0.2) is 4.98 Å². The maximum absolute atomic E-state index is 6.10. The Labute approximate surface area is 118 Å². The van der Waals surface area contributed by atoms with Crippen LogP contribution < -0.4 is 10.1 Å². The molecule has 0 saturated carbocycles.